The molecular weight excluding hydrogens is 698 g/mol. The van der Waals surface area contributed by atoms with Crippen molar-refractivity contribution in [3.8, 4) is 0 Å². The lowest BCUT2D eigenvalue weighted by Crippen LogP contribution is -2.46. The van der Waals surface area contributed by atoms with Crippen molar-refractivity contribution < 1.29 is 26.3 Å². The van der Waals surface area contributed by atoms with Crippen LogP contribution in [-0.4, -0.2) is 86.8 Å². The number of hydrogen-bond acceptors (Lipinski definition) is 8. The van der Waals surface area contributed by atoms with E-state index in [-0.39, 0.29) is 60.3 Å². The molecule has 4 atom stereocenters. The van der Waals surface area contributed by atoms with Gasteiger partial charge in [-0.3, -0.25) is 0 Å². The van der Waals surface area contributed by atoms with Gasteiger partial charge in [-0.1, -0.05) is 19.0 Å². The highest BCUT2D eigenvalue weighted by molar-refractivity contribution is 7.59. The number of aromatic nitrogens is 2. The Kier molecular flexibility index (Phi) is 14.0. The highest BCUT2D eigenvalue weighted by atomic mass is 35.5. The maximum Gasteiger partial charge on any atom is 0.393 e. The van der Waals surface area contributed by atoms with E-state index in [1.54, 1.807) is 4.90 Å². The van der Waals surface area contributed by atoms with Gasteiger partial charge in [0.2, 0.25) is 0 Å². The van der Waals surface area contributed by atoms with Gasteiger partial charge >= 0.3 is 12.4 Å². The van der Waals surface area contributed by atoms with Crippen LogP contribution in [0, 0.1) is 11.8 Å². The van der Waals surface area contributed by atoms with Crippen molar-refractivity contribution in [2.45, 2.75) is 70.4 Å². The Labute approximate surface area is 297 Å². The van der Waals surface area contributed by atoms with Gasteiger partial charge in [0.1, 0.15) is 11.0 Å². The molecule has 0 amide bonds. The molecule has 0 spiro atoms. The van der Waals surface area contributed by atoms with Crippen molar-refractivity contribution in [3.63, 3.8) is 0 Å². The van der Waals surface area contributed by atoms with Crippen molar-refractivity contribution >= 4 is 67.4 Å². The van der Waals surface area contributed by atoms with Crippen LogP contribution in [0.2, 0.25) is 5.15 Å². The van der Waals surface area contributed by atoms with Crippen LogP contribution in [0.25, 0.3) is 0 Å². The van der Waals surface area contributed by atoms with Crippen molar-refractivity contribution in [2.75, 3.05) is 77.7 Å². The summed E-state index contributed by atoms with van der Waals surface area (Å²) in [6.07, 6.45) is -2.90. The number of anilines is 5. The van der Waals surface area contributed by atoms with E-state index in [2.05, 4.69) is 41.8 Å². The standard InChI is InChI=1S/C15H19F3N4.C10H12ClN3.C5H8F3N.CH4.2H2S/c16-15(17,18)10-5-7-22(8-10)13-4-3-12-14(20-13)19-11-2-1-6-21(12)9-11;11-9-4-3-8-10(13-9)12-7-2-1-5-14(8)6-7;6-5(7,8)4-1-2-9-3-4;;;/h3-4,10-11H,1-2,5-9H2,(H,19,20);3-4,7H,1-2,5-6H2,(H,12,13);4,9H,1-3H2;1H4;2*1H2/t10?,11-;7-;;;;/m00..../s1. The first kappa shape index (κ1) is 40.3. The van der Waals surface area contributed by atoms with Crippen molar-refractivity contribution in [1.29, 1.82) is 0 Å². The molecular formula is C31H47ClF6N8S2. The molecule has 272 valence electrons. The maximum absolute atomic E-state index is 12.8. The fourth-order valence-electron chi connectivity index (χ4n) is 6.95. The summed E-state index contributed by atoms with van der Waals surface area (Å²) < 4.78 is 73.6. The third kappa shape index (κ3) is 9.53. The molecule has 3 N–H and O–H groups in total. The molecule has 8 heterocycles. The fourth-order valence-corrected chi connectivity index (χ4v) is 7.10. The van der Waals surface area contributed by atoms with Crippen LogP contribution in [0.5, 0.6) is 0 Å². The molecule has 6 aliphatic heterocycles. The first-order chi connectivity index (χ1) is 21.4. The number of nitrogens with zero attached hydrogens (tertiary/aromatic N) is 5. The van der Waals surface area contributed by atoms with Crippen LogP contribution in [0.1, 0.15) is 46.0 Å². The summed E-state index contributed by atoms with van der Waals surface area (Å²) in [7, 11) is 0. The van der Waals surface area contributed by atoms with Crippen LogP contribution in [0.4, 0.5) is 55.2 Å². The zero-order valence-electron chi connectivity index (χ0n) is 25.9. The second-order valence-corrected chi connectivity index (χ2v) is 13.0. The number of nitrogens with one attached hydrogen (secondary N) is 3. The molecule has 2 aromatic rings. The molecule has 48 heavy (non-hydrogen) atoms. The molecule has 0 aliphatic carbocycles. The van der Waals surface area contributed by atoms with Crippen molar-refractivity contribution in [2.24, 2.45) is 11.8 Å². The van der Waals surface area contributed by atoms with Crippen molar-refractivity contribution in [1.82, 2.24) is 15.3 Å². The normalized spacial score (nSPS) is 25.1. The Bertz CT molecular complexity index is 1330. The molecule has 0 radical (unpaired) electrons. The number of halogens is 7. The molecule has 4 bridgehead atoms. The van der Waals surface area contributed by atoms with Crippen LogP contribution in [-0.2, 0) is 0 Å². The van der Waals surface area contributed by atoms with Gasteiger partial charge < -0.3 is 30.7 Å². The summed E-state index contributed by atoms with van der Waals surface area (Å²) in [6, 6.07) is 8.73. The van der Waals surface area contributed by atoms with Gasteiger partial charge in [-0.05, 0) is 69.3 Å². The summed E-state index contributed by atoms with van der Waals surface area (Å²) in [6.45, 7) is 5.32. The SMILES string of the molecule is C.Clc1ccc2c(n1)N[C@H]1CCCN2C1.FC(F)(F)C1CCN(c2ccc3c(n2)N[C@H]2CCCN3C2)C1.FC(F)(F)C1CCNC1.S.S. The lowest BCUT2D eigenvalue weighted by Gasteiger charge is -2.41. The topological polar surface area (TPSA) is 71.6 Å². The summed E-state index contributed by atoms with van der Waals surface area (Å²) in [5, 5.41) is 10.1. The minimum Gasteiger partial charge on any atom is -0.366 e. The monoisotopic (exact) mass is 744 g/mol. The maximum atomic E-state index is 12.8. The molecule has 2 unspecified atom stereocenters. The van der Waals surface area contributed by atoms with Gasteiger partial charge in [-0.15, -0.1) is 0 Å². The zero-order chi connectivity index (χ0) is 31.8. The lowest BCUT2D eigenvalue weighted by molar-refractivity contribution is -0.169. The zero-order valence-corrected chi connectivity index (χ0v) is 28.7. The summed E-state index contributed by atoms with van der Waals surface area (Å²) in [5.74, 6) is 0.0930. The molecule has 0 saturated carbocycles. The minimum atomic E-state index is -4.11. The number of piperidine rings is 2. The molecule has 17 heteroatoms. The van der Waals surface area contributed by atoms with Gasteiger partial charge in [0.05, 0.1) is 23.2 Å². The summed E-state index contributed by atoms with van der Waals surface area (Å²) in [5.41, 5.74) is 2.27. The molecule has 8 nitrogen and oxygen atoms in total. The van der Waals surface area contributed by atoms with Gasteiger partial charge in [-0.2, -0.15) is 53.3 Å². The summed E-state index contributed by atoms with van der Waals surface area (Å²) in [4.78, 5) is 15.4. The first-order valence-electron chi connectivity index (χ1n) is 15.7. The number of alkyl halides is 6. The van der Waals surface area contributed by atoms with Gasteiger partial charge in [-0.25, -0.2) is 9.97 Å². The second kappa shape index (κ2) is 16.7. The van der Waals surface area contributed by atoms with Gasteiger partial charge in [0, 0.05) is 57.9 Å². The quantitative estimate of drug-likeness (QED) is 0.213. The Balaban J connectivity index is 0.000000208. The Morgan fingerprint density at radius 3 is 1.73 bits per heavy atom. The van der Waals surface area contributed by atoms with Crippen LogP contribution < -0.4 is 30.7 Å². The third-order valence-electron chi connectivity index (χ3n) is 9.40. The lowest BCUT2D eigenvalue weighted by atomic mass is 10.0. The molecule has 2 aromatic heterocycles. The number of pyridine rings is 2. The fraction of sp³-hybridized carbons (Fsp3) is 0.677. The van der Waals surface area contributed by atoms with E-state index in [1.165, 1.54) is 18.5 Å². The van der Waals surface area contributed by atoms with E-state index >= 15 is 0 Å². The molecule has 6 aliphatic rings. The second-order valence-electron chi connectivity index (χ2n) is 12.6. The van der Waals surface area contributed by atoms with Crippen LogP contribution >= 0.6 is 38.6 Å². The van der Waals surface area contributed by atoms with E-state index < -0.39 is 24.2 Å². The minimum absolute atomic E-state index is 0. The van der Waals surface area contributed by atoms with E-state index in [9.17, 15) is 26.3 Å². The molecule has 4 fully saturated rings. The van der Waals surface area contributed by atoms with Crippen LogP contribution in [0.15, 0.2) is 24.3 Å². The number of fused-ring (bicyclic) bond motifs is 8. The van der Waals surface area contributed by atoms with Gasteiger partial charge in [0.15, 0.2) is 11.6 Å². The third-order valence-corrected chi connectivity index (χ3v) is 9.61. The highest BCUT2D eigenvalue weighted by Gasteiger charge is 2.44. The highest BCUT2D eigenvalue weighted by Crippen LogP contribution is 2.39. The van der Waals surface area contributed by atoms with Gasteiger partial charge in [0.25, 0.3) is 0 Å². The van der Waals surface area contributed by atoms with E-state index in [1.807, 2.05) is 18.2 Å². The average Bonchev–Trinajstić information content (AvgIpc) is 3.71. The molecule has 8 rings (SSSR count). The Morgan fingerprint density at radius 2 is 1.23 bits per heavy atom. The Hall–Kier alpha value is -2.17. The van der Waals surface area contributed by atoms with Crippen molar-refractivity contribution in [3.05, 3.63) is 29.4 Å². The number of hydrogen-bond donors (Lipinski definition) is 3. The van der Waals surface area contributed by atoms with E-state index in [4.69, 9.17) is 11.6 Å². The Morgan fingerprint density at radius 1 is 0.667 bits per heavy atom. The smallest absolute Gasteiger partial charge is 0.366 e. The molecule has 4 saturated heterocycles. The molecule has 0 aromatic carbocycles. The predicted octanol–water partition coefficient (Wildman–Crippen LogP) is 7.01. The predicted molar refractivity (Wildman–Crippen MR) is 192 cm³/mol. The van der Waals surface area contributed by atoms with E-state index in [0.717, 1.165) is 56.3 Å². The first-order valence-corrected chi connectivity index (χ1v) is 16.1. The average molecular weight is 745 g/mol. The largest absolute Gasteiger partial charge is 0.393 e. The number of rotatable bonds is 1. The summed E-state index contributed by atoms with van der Waals surface area (Å²) >= 11 is 5.86. The van der Waals surface area contributed by atoms with E-state index in [0.29, 0.717) is 36.1 Å². The van der Waals surface area contributed by atoms with Crippen LogP contribution in [0.3, 0.4) is 0 Å².